The maximum Gasteiger partial charge on any atom is 0.410 e. The van der Waals surface area contributed by atoms with Gasteiger partial charge in [-0.05, 0) is 33.6 Å². The van der Waals surface area contributed by atoms with Crippen molar-refractivity contribution in [1.82, 2.24) is 4.90 Å². The quantitative estimate of drug-likeness (QED) is 0.784. The Kier molecular flexibility index (Phi) is 5.31. The lowest BCUT2D eigenvalue weighted by molar-refractivity contribution is -0.0125. The summed E-state index contributed by atoms with van der Waals surface area (Å²) in [5, 5.41) is 0. The molecule has 1 aliphatic rings. The van der Waals surface area contributed by atoms with Gasteiger partial charge in [-0.25, -0.2) is 13.6 Å². The molecule has 0 aliphatic carbocycles. The number of hydrogen-bond donors (Lipinski definition) is 0. The van der Waals surface area contributed by atoms with E-state index in [1.165, 1.54) is 0 Å². The zero-order valence-corrected chi connectivity index (χ0v) is 11.1. The normalized spacial score (nSPS) is 20.6. The Morgan fingerprint density at radius 3 is 2.67 bits per heavy atom. The molecule has 6 heteroatoms. The van der Waals surface area contributed by atoms with Crippen molar-refractivity contribution in [3.63, 3.8) is 0 Å². The van der Waals surface area contributed by atoms with E-state index in [2.05, 4.69) is 0 Å². The van der Waals surface area contributed by atoms with Crippen molar-refractivity contribution in [2.75, 3.05) is 19.8 Å². The van der Waals surface area contributed by atoms with E-state index in [0.29, 0.717) is 6.54 Å². The van der Waals surface area contributed by atoms with E-state index in [1.54, 1.807) is 25.7 Å². The molecule has 1 fully saturated rings. The minimum Gasteiger partial charge on any atom is -0.444 e. The summed E-state index contributed by atoms with van der Waals surface area (Å²) in [7, 11) is 0. The van der Waals surface area contributed by atoms with Crippen LogP contribution in [-0.4, -0.2) is 48.8 Å². The Morgan fingerprint density at radius 1 is 1.44 bits per heavy atom. The second-order valence-electron chi connectivity index (χ2n) is 5.40. The van der Waals surface area contributed by atoms with Gasteiger partial charge in [-0.1, -0.05) is 0 Å². The zero-order valence-electron chi connectivity index (χ0n) is 11.1. The summed E-state index contributed by atoms with van der Waals surface area (Å²) in [6, 6.07) is -0.154. The van der Waals surface area contributed by atoms with Gasteiger partial charge in [0.05, 0.1) is 12.6 Å². The number of carbonyl (C=O) groups excluding carboxylic acids is 1. The van der Waals surface area contributed by atoms with Crippen LogP contribution >= 0.6 is 0 Å². The summed E-state index contributed by atoms with van der Waals surface area (Å²) in [6.45, 7) is 5.54. The Balaban J connectivity index is 2.41. The van der Waals surface area contributed by atoms with Crippen molar-refractivity contribution in [2.45, 2.75) is 51.7 Å². The van der Waals surface area contributed by atoms with Gasteiger partial charge in [0.1, 0.15) is 12.2 Å². The van der Waals surface area contributed by atoms with E-state index in [9.17, 15) is 13.6 Å². The van der Waals surface area contributed by atoms with Crippen molar-refractivity contribution in [1.29, 1.82) is 0 Å². The molecular formula is C12H21F2NO3. The standard InChI is InChI=1S/C12H21F2NO3/c1-12(2,3)18-11(16)15-6-4-5-9(15)7-17-8-10(13)14/h9-10H,4-8H2,1-3H3. The number of halogens is 2. The summed E-state index contributed by atoms with van der Waals surface area (Å²) >= 11 is 0. The topological polar surface area (TPSA) is 38.8 Å². The second kappa shape index (κ2) is 6.31. The molecule has 1 heterocycles. The summed E-state index contributed by atoms with van der Waals surface area (Å²) in [4.78, 5) is 13.4. The number of alkyl halides is 2. The molecule has 1 atom stereocenters. The molecular weight excluding hydrogens is 244 g/mol. The predicted molar refractivity (Wildman–Crippen MR) is 62.8 cm³/mol. The third-order valence-electron chi connectivity index (χ3n) is 2.56. The lowest BCUT2D eigenvalue weighted by Crippen LogP contribution is -2.41. The van der Waals surface area contributed by atoms with Crippen LogP contribution in [0.4, 0.5) is 13.6 Å². The molecule has 0 aromatic heterocycles. The van der Waals surface area contributed by atoms with Gasteiger partial charge in [0.2, 0.25) is 0 Å². The molecule has 0 aromatic carbocycles. The van der Waals surface area contributed by atoms with E-state index >= 15 is 0 Å². The summed E-state index contributed by atoms with van der Waals surface area (Å²) < 4.78 is 34.1. The summed E-state index contributed by atoms with van der Waals surface area (Å²) in [5.74, 6) is 0. The third kappa shape index (κ3) is 5.16. The first-order chi connectivity index (χ1) is 8.29. The molecule has 18 heavy (non-hydrogen) atoms. The lowest BCUT2D eigenvalue weighted by atomic mass is 10.2. The van der Waals surface area contributed by atoms with Gasteiger partial charge < -0.3 is 14.4 Å². The van der Waals surface area contributed by atoms with E-state index in [4.69, 9.17) is 9.47 Å². The maximum absolute atomic E-state index is 12.0. The van der Waals surface area contributed by atoms with E-state index < -0.39 is 24.7 Å². The van der Waals surface area contributed by atoms with Gasteiger partial charge >= 0.3 is 6.09 Å². The molecule has 0 aromatic rings. The number of nitrogens with zero attached hydrogens (tertiary/aromatic N) is 1. The highest BCUT2D eigenvalue weighted by Gasteiger charge is 2.32. The van der Waals surface area contributed by atoms with Gasteiger partial charge in [-0.15, -0.1) is 0 Å². The van der Waals surface area contributed by atoms with Gasteiger partial charge in [0.25, 0.3) is 6.43 Å². The van der Waals surface area contributed by atoms with Crippen LogP contribution in [0.1, 0.15) is 33.6 Å². The molecule has 1 saturated heterocycles. The smallest absolute Gasteiger partial charge is 0.410 e. The van der Waals surface area contributed by atoms with Gasteiger partial charge in [-0.2, -0.15) is 0 Å². The highest BCUT2D eigenvalue weighted by molar-refractivity contribution is 5.68. The highest BCUT2D eigenvalue weighted by atomic mass is 19.3. The number of hydrogen-bond acceptors (Lipinski definition) is 3. The fourth-order valence-corrected chi connectivity index (χ4v) is 1.86. The first-order valence-electron chi connectivity index (χ1n) is 6.15. The van der Waals surface area contributed by atoms with E-state index in [0.717, 1.165) is 12.8 Å². The monoisotopic (exact) mass is 265 g/mol. The molecule has 0 radical (unpaired) electrons. The Bertz CT molecular complexity index is 279. The minimum atomic E-state index is -2.47. The van der Waals surface area contributed by atoms with Gasteiger partial charge in [0.15, 0.2) is 0 Å². The SMILES string of the molecule is CC(C)(C)OC(=O)N1CCCC1COCC(F)F. The van der Waals surface area contributed by atoms with Crippen LogP contribution in [-0.2, 0) is 9.47 Å². The van der Waals surface area contributed by atoms with Crippen LogP contribution in [0.25, 0.3) is 0 Å². The average molecular weight is 265 g/mol. The van der Waals surface area contributed by atoms with Crippen molar-refractivity contribution in [3.8, 4) is 0 Å². The first-order valence-corrected chi connectivity index (χ1v) is 6.15. The van der Waals surface area contributed by atoms with Crippen molar-refractivity contribution < 1.29 is 23.0 Å². The third-order valence-corrected chi connectivity index (χ3v) is 2.56. The average Bonchev–Trinajstić information content (AvgIpc) is 2.62. The van der Waals surface area contributed by atoms with Crippen LogP contribution in [0.5, 0.6) is 0 Å². The van der Waals surface area contributed by atoms with Crippen molar-refractivity contribution >= 4 is 6.09 Å². The second-order valence-corrected chi connectivity index (χ2v) is 5.40. The highest BCUT2D eigenvalue weighted by Crippen LogP contribution is 2.21. The van der Waals surface area contributed by atoms with Crippen LogP contribution in [0.3, 0.4) is 0 Å². The Morgan fingerprint density at radius 2 is 2.11 bits per heavy atom. The lowest BCUT2D eigenvalue weighted by Gasteiger charge is -2.28. The maximum atomic E-state index is 12.0. The molecule has 0 saturated carbocycles. The molecule has 1 rings (SSSR count). The van der Waals surface area contributed by atoms with Crippen LogP contribution in [0.2, 0.25) is 0 Å². The molecule has 1 aliphatic heterocycles. The van der Waals surface area contributed by atoms with E-state index in [-0.39, 0.29) is 12.6 Å². The molecule has 0 spiro atoms. The fourth-order valence-electron chi connectivity index (χ4n) is 1.86. The molecule has 0 bridgehead atoms. The van der Waals surface area contributed by atoms with Gasteiger partial charge in [-0.3, -0.25) is 0 Å². The van der Waals surface area contributed by atoms with Crippen molar-refractivity contribution in [3.05, 3.63) is 0 Å². The van der Waals surface area contributed by atoms with Crippen LogP contribution < -0.4 is 0 Å². The number of likely N-dealkylation sites (tertiary alicyclic amines) is 1. The van der Waals surface area contributed by atoms with Gasteiger partial charge in [0, 0.05) is 6.54 Å². The molecule has 106 valence electrons. The number of carbonyl (C=O) groups is 1. The molecule has 1 amide bonds. The summed E-state index contributed by atoms with van der Waals surface area (Å²) in [5.41, 5.74) is -0.548. The number of amides is 1. The predicted octanol–water partition coefficient (Wildman–Crippen LogP) is 2.67. The minimum absolute atomic E-state index is 0.142. The number of ether oxygens (including phenoxy) is 2. The first kappa shape index (κ1) is 15.1. The Hall–Kier alpha value is -0.910. The number of rotatable bonds is 4. The molecule has 1 unspecified atom stereocenters. The Labute approximate surface area is 106 Å². The summed E-state index contributed by atoms with van der Waals surface area (Å²) in [6.07, 6.45) is -1.25. The van der Waals surface area contributed by atoms with E-state index in [1.807, 2.05) is 0 Å². The van der Waals surface area contributed by atoms with Crippen LogP contribution in [0, 0.1) is 0 Å². The largest absolute Gasteiger partial charge is 0.444 e. The fraction of sp³-hybridized carbons (Fsp3) is 0.917. The van der Waals surface area contributed by atoms with Crippen molar-refractivity contribution in [2.24, 2.45) is 0 Å². The molecule has 4 nitrogen and oxygen atoms in total. The molecule has 0 N–H and O–H groups in total. The zero-order chi connectivity index (χ0) is 13.8. The van der Waals surface area contributed by atoms with Crippen LogP contribution in [0.15, 0.2) is 0 Å².